The number of hydrogen-bond acceptors (Lipinski definition) is 11. The van der Waals surface area contributed by atoms with Gasteiger partial charge in [-0.1, -0.05) is 93.7 Å². The van der Waals surface area contributed by atoms with Gasteiger partial charge in [0.25, 0.3) is 0 Å². The predicted octanol–water partition coefficient (Wildman–Crippen LogP) is 6.34. The topological polar surface area (TPSA) is 212 Å². The van der Waals surface area contributed by atoms with Gasteiger partial charge in [-0.15, -0.1) is 11.8 Å². The number of aliphatic carboxylic acids is 1. The summed E-state index contributed by atoms with van der Waals surface area (Å²) in [6, 6.07) is 1.09. The highest BCUT2D eigenvalue weighted by molar-refractivity contribution is 8.00. The van der Waals surface area contributed by atoms with Crippen LogP contribution in [-0.2, 0) is 54.3 Å². The second-order valence-electron chi connectivity index (χ2n) is 21.5. The Labute approximate surface area is 444 Å². The quantitative estimate of drug-likeness (QED) is 0.0533. The zero-order valence-corrected chi connectivity index (χ0v) is 47.3. The first-order valence-electron chi connectivity index (χ1n) is 26.8. The second-order valence-corrected chi connectivity index (χ2v) is 22.8. The maximum absolute atomic E-state index is 14.7. The van der Waals surface area contributed by atoms with Crippen LogP contribution in [0.15, 0.2) is 24.3 Å². The molecule has 0 saturated carbocycles. The lowest BCUT2D eigenvalue weighted by atomic mass is 9.89. The second kappa shape index (κ2) is 30.8. The van der Waals surface area contributed by atoms with E-state index in [0.29, 0.717) is 63.1 Å². The van der Waals surface area contributed by atoms with Crippen LogP contribution in [-0.4, -0.2) is 167 Å². The van der Waals surface area contributed by atoms with E-state index in [1.165, 1.54) is 48.3 Å². The fourth-order valence-electron chi connectivity index (χ4n) is 10.4. The number of nitrogens with zero attached hydrogens (tertiary/aromatic N) is 4. The summed E-state index contributed by atoms with van der Waals surface area (Å²) in [4.78, 5) is 114. The van der Waals surface area contributed by atoms with Gasteiger partial charge in [-0.25, -0.2) is 9.18 Å². The average Bonchev–Trinajstić information content (AvgIpc) is 3.94. The number of rotatable bonds is 32. The maximum Gasteiger partial charge on any atom is 0.326 e. The minimum atomic E-state index is -1.29. The summed E-state index contributed by atoms with van der Waals surface area (Å²) < 4.78 is 25.4. The number of unbranched alkanes of at least 4 members (excludes halogenated alkanes) is 2. The van der Waals surface area contributed by atoms with Crippen LogP contribution in [0.1, 0.15) is 139 Å². The van der Waals surface area contributed by atoms with Gasteiger partial charge < -0.3 is 39.9 Å². The Balaban J connectivity index is 1.66. The number of carbonyl (C=O) groups excluding carboxylic acids is 7. The van der Waals surface area contributed by atoms with Crippen LogP contribution in [0.4, 0.5) is 4.39 Å². The van der Waals surface area contributed by atoms with E-state index in [0.717, 1.165) is 18.6 Å². The largest absolute Gasteiger partial charge is 0.480 e. The van der Waals surface area contributed by atoms with Crippen molar-refractivity contribution in [1.29, 1.82) is 0 Å². The molecule has 7 amide bonds. The lowest BCUT2D eigenvalue weighted by molar-refractivity contribution is -0.149. The Kier molecular flexibility index (Phi) is 26.5. The van der Waals surface area contributed by atoms with Crippen LogP contribution in [0, 0.1) is 35.4 Å². The number of amides is 7. The number of nitrogens with one attached hydrogen (secondary N) is 2. The summed E-state index contributed by atoms with van der Waals surface area (Å²) in [5.74, 6) is -4.17. The molecule has 2 fully saturated rings. The van der Waals surface area contributed by atoms with Crippen LogP contribution in [0.5, 0.6) is 0 Å². The molecule has 1 aromatic rings. The van der Waals surface area contributed by atoms with E-state index >= 15 is 0 Å². The SMILES string of the molecule is CC[C@H](C)[C@@H]([C@@H](CC(=O)N1CCC[C@H]1[C@H](OC)[C@@H](C)C(=O)N[C@@H](Cc1ccc(F)cc1)C(=O)O)OC)N(C)C(=O)[C@@H](NC(=O)[C@H](C(C)C)N(C)C(=O)CCCCCN1C(=O)CC(SCCCC(C)C)C1=O)C(C)C. The molecule has 0 radical (unpaired) electrons. The Bertz CT molecular complexity index is 2030. The Morgan fingerprint density at radius 1 is 0.865 bits per heavy atom. The van der Waals surface area contributed by atoms with Gasteiger partial charge in [0, 0.05) is 60.7 Å². The summed E-state index contributed by atoms with van der Waals surface area (Å²) in [6.07, 6.45) is 4.24. The van der Waals surface area contributed by atoms with Crippen molar-refractivity contribution in [2.75, 3.05) is 47.2 Å². The minimum Gasteiger partial charge on any atom is -0.480 e. The summed E-state index contributed by atoms with van der Waals surface area (Å²) in [5, 5.41) is 15.2. The fraction of sp³-hybridized carbons (Fsp3) is 0.745. The minimum absolute atomic E-state index is 0.0642. The molecule has 2 heterocycles. The number of carboxylic acids is 1. The van der Waals surface area contributed by atoms with Crippen LogP contribution in [0.25, 0.3) is 0 Å². The van der Waals surface area contributed by atoms with Crippen LogP contribution in [0.3, 0.4) is 0 Å². The molecular formula is C55H89FN6O11S. The molecule has 3 N–H and O–H groups in total. The van der Waals surface area contributed by atoms with Crippen molar-refractivity contribution in [1.82, 2.24) is 30.2 Å². The summed E-state index contributed by atoms with van der Waals surface area (Å²) in [7, 11) is 6.17. The third-order valence-corrected chi connectivity index (χ3v) is 16.2. The van der Waals surface area contributed by atoms with E-state index in [-0.39, 0.29) is 78.2 Å². The van der Waals surface area contributed by atoms with Gasteiger partial charge in [-0.3, -0.25) is 38.5 Å². The number of halogens is 1. The molecule has 19 heteroatoms. The molecule has 17 nitrogen and oxygen atoms in total. The molecule has 418 valence electrons. The van der Waals surface area contributed by atoms with E-state index in [4.69, 9.17) is 9.47 Å². The van der Waals surface area contributed by atoms with E-state index in [1.807, 2.05) is 41.5 Å². The van der Waals surface area contributed by atoms with E-state index in [9.17, 15) is 47.9 Å². The standard InChI is InChI=1S/C55H89FN6O11S/c1-14-36(8)49(42(72-12)31-45(64)61-28-18-21-41(61)50(73-13)37(9)51(66)57-40(55(70)71)30-38-23-25-39(56)26-24-38)60(11)54(69)47(34(4)5)58-52(67)48(35(6)7)59(10)44(63)22-16-15-17-27-62-46(65)32-43(53(62)68)74-29-19-20-33(2)3/h23-26,33-37,40-43,47-50H,14-22,27-32H2,1-13H3,(H,57,66)(H,58,67)(H,70,71)/t36-,37+,40-,41-,42+,43?,47-,48-,49-,50+/m0/s1. The van der Waals surface area contributed by atoms with Crippen molar-refractivity contribution >= 4 is 59.1 Å². The van der Waals surface area contributed by atoms with Crippen molar-refractivity contribution in [3.8, 4) is 0 Å². The number of ether oxygens (including phenoxy) is 2. The third-order valence-electron chi connectivity index (χ3n) is 14.9. The number of benzene rings is 1. The molecule has 2 aliphatic heterocycles. The molecule has 0 aliphatic carbocycles. The first-order valence-corrected chi connectivity index (χ1v) is 27.9. The van der Waals surface area contributed by atoms with Crippen molar-refractivity contribution in [2.24, 2.45) is 29.6 Å². The van der Waals surface area contributed by atoms with E-state index < -0.39 is 71.9 Å². The number of carboxylic acid groups (broad SMARTS) is 1. The number of carbonyl (C=O) groups is 8. The highest BCUT2D eigenvalue weighted by atomic mass is 32.2. The van der Waals surface area contributed by atoms with Gasteiger partial charge in [-0.2, -0.15) is 0 Å². The van der Waals surface area contributed by atoms with Gasteiger partial charge in [0.1, 0.15) is 23.9 Å². The van der Waals surface area contributed by atoms with Crippen LogP contribution in [0.2, 0.25) is 0 Å². The van der Waals surface area contributed by atoms with Crippen LogP contribution < -0.4 is 10.6 Å². The van der Waals surface area contributed by atoms with Crippen LogP contribution >= 0.6 is 11.8 Å². The monoisotopic (exact) mass is 1060 g/mol. The first kappa shape index (κ1) is 63.7. The fourth-order valence-corrected chi connectivity index (χ4v) is 11.5. The predicted molar refractivity (Wildman–Crippen MR) is 284 cm³/mol. The lowest BCUT2D eigenvalue weighted by Crippen LogP contribution is -2.60. The zero-order chi connectivity index (χ0) is 55.6. The molecule has 0 bridgehead atoms. The normalized spacial score (nSPS) is 19.3. The van der Waals surface area contributed by atoms with Crippen molar-refractivity contribution in [3.63, 3.8) is 0 Å². The van der Waals surface area contributed by atoms with Gasteiger partial charge in [-0.05, 0) is 79.2 Å². The van der Waals surface area contributed by atoms with Crippen molar-refractivity contribution in [3.05, 3.63) is 35.6 Å². The Hall–Kier alpha value is -4.62. The molecular weight excluding hydrogens is 972 g/mol. The zero-order valence-electron chi connectivity index (χ0n) is 46.5. The van der Waals surface area contributed by atoms with E-state index in [1.54, 1.807) is 42.6 Å². The number of methoxy groups -OCH3 is 2. The molecule has 2 aliphatic rings. The Morgan fingerprint density at radius 2 is 1.53 bits per heavy atom. The highest BCUT2D eigenvalue weighted by Gasteiger charge is 2.44. The lowest BCUT2D eigenvalue weighted by Gasteiger charge is -2.41. The molecule has 0 aromatic heterocycles. The maximum atomic E-state index is 14.7. The summed E-state index contributed by atoms with van der Waals surface area (Å²) >= 11 is 1.56. The molecule has 2 saturated heterocycles. The average molecular weight is 1060 g/mol. The van der Waals surface area contributed by atoms with Gasteiger partial charge >= 0.3 is 5.97 Å². The smallest absolute Gasteiger partial charge is 0.326 e. The first-order chi connectivity index (χ1) is 34.9. The van der Waals surface area contributed by atoms with E-state index in [2.05, 4.69) is 24.5 Å². The Morgan fingerprint density at radius 3 is 2.09 bits per heavy atom. The number of hydrogen-bond donors (Lipinski definition) is 3. The third kappa shape index (κ3) is 18.0. The number of likely N-dealkylation sites (tertiary alicyclic amines) is 2. The van der Waals surface area contributed by atoms with Crippen molar-refractivity contribution < 1.29 is 57.3 Å². The number of imide groups is 1. The van der Waals surface area contributed by atoms with Gasteiger partial charge in [0.05, 0.1) is 41.9 Å². The number of thioether (sulfide) groups is 1. The molecule has 3 rings (SSSR count). The molecule has 10 atom stereocenters. The molecule has 1 unspecified atom stereocenters. The van der Waals surface area contributed by atoms with Crippen molar-refractivity contribution in [2.45, 2.75) is 187 Å². The summed E-state index contributed by atoms with van der Waals surface area (Å²) in [6.45, 7) is 18.0. The molecule has 74 heavy (non-hydrogen) atoms. The summed E-state index contributed by atoms with van der Waals surface area (Å²) in [5.41, 5.74) is 0.531. The van der Waals surface area contributed by atoms with Gasteiger partial charge in [0.2, 0.25) is 41.4 Å². The molecule has 1 aromatic carbocycles. The highest BCUT2D eigenvalue weighted by Crippen LogP contribution is 2.31. The number of likely N-dealkylation sites (N-methyl/N-ethyl adjacent to an activating group) is 2. The molecule has 0 spiro atoms. The van der Waals surface area contributed by atoms with Gasteiger partial charge in [0.15, 0.2) is 0 Å².